The lowest BCUT2D eigenvalue weighted by Gasteiger charge is -2.33. The van der Waals surface area contributed by atoms with Crippen LogP contribution in [-0.4, -0.2) is 36.2 Å². The van der Waals surface area contributed by atoms with Crippen molar-refractivity contribution in [3.8, 4) is 0 Å². The predicted molar refractivity (Wildman–Crippen MR) is 68.7 cm³/mol. The van der Waals surface area contributed by atoms with E-state index in [4.69, 9.17) is 0 Å². The molecule has 0 bridgehead atoms. The van der Waals surface area contributed by atoms with Gasteiger partial charge in [0.15, 0.2) is 0 Å². The van der Waals surface area contributed by atoms with Gasteiger partial charge >= 0.3 is 0 Å². The first-order valence-corrected chi connectivity index (χ1v) is 6.83. The summed E-state index contributed by atoms with van der Waals surface area (Å²) in [6.45, 7) is 4.90. The second kappa shape index (κ2) is 7.67. The quantitative estimate of drug-likeness (QED) is 0.652. The molecule has 0 spiro atoms. The number of nitrogens with one attached hydrogen (secondary N) is 2. The monoisotopic (exact) mass is 242 g/mol. The Morgan fingerprint density at radius 2 is 2.12 bits per heavy atom. The van der Waals surface area contributed by atoms with Crippen molar-refractivity contribution in [2.45, 2.75) is 58.0 Å². The standard InChI is InChI=1S/C13H26N2O2/c1-3-8-14-13(17)10(2)15-12-7-5-4-6-11(12)9-16/h10-12,15-16H,3-9H2,1-2H3,(H,14,17). The minimum absolute atomic E-state index is 0.0640. The van der Waals surface area contributed by atoms with Crippen LogP contribution >= 0.6 is 0 Å². The van der Waals surface area contributed by atoms with Gasteiger partial charge in [-0.2, -0.15) is 0 Å². The van der Waals surface area contributed by atoms with Gasteiger partial charge in [-0.1, -0.05) is 19.8 Å². The molecule has 100 valence electrons. The summed E-state index contributed by atoms with van der Waals surface area (Å²) in [6, 6.07) is 0.120. The van der Waals surface area contributed by atoms with Crippen LogP contribution in [0.4, 0.5) is 0 Å². The first-order chi connectivity index (χ1) is 8.19. The van der Waals surface area contributed by atoms with Crippen molar-refractivity contribution in [3.05, 3.63) is 0 Å². The molecule has 1 aliphatic rings. The second-order valence-electron chi connectivity index (χ2n) is 5.01. The van der Waals surface area contributed by atoms with E-state index in [0.717, 1.165) is 25.8 Å². The Hall–Kier alpha value is -0.610. The highest BCUT2D eigenvalue weighted by molar-refractivity contribution is 5.81. The smallest absolute Gasteiger partial charge is 0.236 e. The molecule has 17 heavy (non-hydrogen) atoms. The Morgan fingerprint density at radius 3 is 2.76 bits per heavy atom. The molecule has 4 nitrogen and oxygen atoms in total. The summed E-state index contributed by atoms with van der Waals surface area (Å²) in [7, 11) is 0. The maximum absolute atomic E-state index is 11.7. The van der Waals surface area contributed by atoms with Crippen LogP contribution in [0, 0.1) is 5.92 Å². The van der Waals surface area contributed by atoms with E-state index in [1.54, 1.807) is 0 Å². The molecule has 1 fully saturated rings. The molecule has 1 aliphatic carbocycles. The van der Waals surface area contributed by atoms with Crippen LogP contribution in [0.5, 0.6) is 0 Å². The molecule has 0 aliphatic heterocycles. The third kappa shape index (κ3) is 4.64. The first kappa shape index (κ1) is 14.5. The number of rotatable bonds is 6. The van der Waals surface area contributed by atoms with Crippen molar-refractivity contribution < 1.29 is 9.90 Å². The predicted octanol–water partition coefficient (Wildman–Crippen LogP) is 1.04. The molecule has 1 saturated carbocycles. The van der Waals surface area contributed by atoms with E-state index in [2.05, 4.69) is 10.6 Å². The molecular formula is C13H26N2O2. The van der Waals surface area contributed by atoms with Crippen LogP contribution in [0.1, 0.15) is 46.0 Å². The van der Waals surface area contributed by atoms with Crippen molar-refractivity contribution in [3.63, 3.8) is 0 Å². The van der Waals surface area contributed by atoms with Crippen LogP contribution in [-0.2, 0) is 4.79 Å². The molecule has 0 aromatic carbocycles. The van der Waals surface area contributed by atoms with Crippen LogP contribution in [0.2, 0.25) is 0 Å². The fraction of sp³-hybridized carbons (Fsp3) is 0.923. The topological polar surface area (TPSA) is 61.4 Å². The van der Waals surface area contributed by atoms with Gasteiger partial charge in [0.2, 0.25) is 5.91 Å². The Labute approximate surface area is 104 Å². The lowest BCUT2D eigenvalue weighted by atomic mass is 9.84. The number of aliphatic hydroxyl groups excluding tert-OH is 1. The maximum Gasteiger partial charge on any atom is 0.236 e. The van der Waals surface area contributed by atoms with Gasteiger partial charge < -0.3 is 15.7 Å². The first-order valence-electron chi connectivity index (χ1n) is 6.83. The zero-order valence-corrected chi connectivity index (χ0v) is 11.0. The minimum Gasteiger partial charge on any atom is -0.396 e. The third-order valence-electron chi connectivity index (χ3n) is 3.55. The summed E-state index contributed by atoms with van der Waals surface area (Å²) in [5.41, 5.74) is 0. The number of hydrogen-bond acceptors (Lipinski definition) is 3. The van der Waals surface area contributed by atoms with Gasteiger partial charge in [-0.3, -0.25) is 4.79 Å². The molecule has 0 radical (unpaired) electrons. The van der Waals surface area contributed by atoms with Gasteiger partial charge in [0, 0.05) is 19.2 Å². The molecule has 1 rings (SSSR count). The van der Waals surface area contributed by atoms with E-state index < -0.39 is 0 Å². The highest BCUT2D eigenvalue weighted by Gasteiger charge is 2.26. The molecule has 4 heteroatoms. The van der Waals surface area contributed by atoms with Gasteiger partial charge in [0.05, 0.1) is 6.04 Å². The van der Waals surface area contributed by atoms with E-state index in [-0.39, 0.29) is 24.6 Å². The second-order valence-corrected chi connectivity index (χ2v) is 5.01. The Morgan fingerprint density at radius 1 is 1.41 bits per heavy atom. The van der Waals surface area contributed by atoms with Gasteiger partial charge in [-0.15, -0.1) is 0 Å². The molecule has 1 amide bonds. The summed E-state index contributed by atoms with van der Waals surface area (Å²) in [6.07, 6.45) is 5.48. The summed E-state index contributed by atoms with van der Waals surface area (Å²) < 4.78 is 0. The van der Waals surface area contributed by atoms with Crippen LogP contribution in [0.3, 0.4) is 0 Å². The zero-order valence-electron chi connectivity index (χ0n) is 11.0. The van der Waals surface area contributed by atoms with E-state index in [1.165, 1.54) is 12.8 Å². The van der Waals surface area contributed by atoms with E-state index >= 15 is 0 Å². The molecule has 3 unspecified atom stereocenters. The normalized spacial score (nSPS) is 26.5. The van der Waals surface area contributed by atoms with Gasteiger partial charge in [-0.25, -0.2) is 0 Å². The number of hydrogen-bond donors (Lipinski definition) is 3. The summed E-state index contributed by atoms with van der Waals surface area (Å²) in [5, 5.41) is 15.6. The fourth-order valence-corrected chi connectivity index (χ4v) is 2.44. The average molecular weight is 242 g/mol. The number of aliphatic hydroxyl groups is 1. The highest BCUT2D eigenvalue weighted by Crippen LogP contribution is 2.24. The SMILES string of the molecule is CCCNC(=O)C(C)NC1CCCCC1CO. The van der Waals surface area contributed by atoms with Crippen molar-refractivity contribution in [1.29, 1.82) is 0 Å². The lowest BCUT2D eigenvalue weighted by Crippen LogP contribution is -2.50. The number of amides is 1. The molecule has 0 aromatic heterocycles. The molecule has 0 heterocycles. The number of carbonyl (C=O) groups excluding carboxylic acids is 1. The Balaban J connectivity index is 2.37. The third-order valence-corrected chi connectivity index (χ3v) is 3.55. The van der Waals surface area contributed by atoms with Gasteiger partial charge in [-0.05, 0) is 32.1 Å². The zero-order chi connectivity index (χ0) is 12.7. The molecule has 3 atom stereocenters. The molecular weight excluding hydrogens is 216 g/mol. The van der Waals surface area contributed by atoms with Crippen LogP contribution in [0.15, 0.2) is 0 Å². The van der Waals surface area contributed by atoms with Crippen molar-refractivity contribution in [2.24, 2.45) is 5.92 Å². The molecule has 0 saturated heterocycles. The summed E-state index contributed by atoms with van der Waals surface area (Å²) in [5.74, 6) is 0.374. The summed E-state index contributed by atoms with van der Waals surface area (Å²) >= 11 is 0. The maximum atomic E-state index is 11.7. The van der Waals surface area contributed by atoms with Gasteiger partial charge in [0.1, 0.15) is 0 Å². The Bertz CT molecular complexity index is 233. The molecule has 0 aromatic rings. The fourth-order valence-electron chi connectivity index (χ4n) is 2.44. The Kier molecular flexibility index (Phi) is 6.52. The molecule has 3 N–H and O–H groups in total. The minimum atomic E-state index is -0.168. The van der Waals surface area contributed by atoms with E-state index in [1.807, 2.05) is 13.8 Å². The van der Waals surface area contributed by atoms with Crippen molar-refractivity contribution in [1.82, 2.24) is 10.6 Å². The van der Waals surface area contributed by atoms with Crippen molar-refractivity contribution in [2.75, 3.05) is 13.2 Å². The van der Waals surface area contributed by atoms with Crippen molar-refractivity contribution >= 4 is 5.91 Å². The van der Waals surface area contributed by atoms with Crippen LogP contribution < -0.4 is 10.6 Å². The van der Waals surface area contributed by atoms with E-state index in [0.29, 0.717) is 5.92 Å². The average Bonchev–Trinajstić information content (AvgIpc) is 2.36. The van der Waals surface area contributed by atoms with Crippen LogP contribution in [0.25, 0.3) is 0 Å². The largest absolute Gasteiger partial charge is 0.396 e. The highest BCUT2D eigenvalue weighted by atomic mass is 16.3. The summed E-state index contributed by atoms with van der Waals surface area (Å²) in [4.78, 5) is 11.7. The van der Waals surface area contributed by atoms with E-state index in [9.17, 15) is 9.90 Å². The lowest BCUT2D eigenvalue weighted by molar-refractivity contribution is -0.123. The number of carbonyl (C=O) groups is 1. The van der Waals surface area contributed by atoms with Gasteiger partial charge in [0.25, 0.3) is 0 Å².